The van der Waals surface area contributed by atoms with Crippen molar-refractivity contribution in [1.29, 1.82) is 0 Å². The molecule has 0 bridgehead atoms. The predicted molar refractivity (Wildman–Crippen MR) is 58.2 cm³/mol. The molecule has 0 aromatic carbocycles. The predicted octanol–water partition coefficient (Wildman–Crippen LogP) is 1.99. The molecule has 0 saturated carbocycles. The Labute approximate surface area is 87.2 Å². The van der Waals surface area contributed by atoms with E-state index >= 15 is 0 Å². The highest BCUT2D eigenvalue weighted by molar-refractivity contribution is 5.07. The van der Waals surface area contributed by atoms with E-state index in [-0.39, 0.29) is 17.1 Å². The van der Waals surface area contributed by atoms with Crippen LogP contribution >= 0.6 is 0 Å². The van der Waals surface area contributed by atoms with Crippen molar-refractivity contribution < 1.29 is 5.21 Å². The molecule has 1 saturated heterocycles. The molecular weight excluding hydrogens is 176 g/mol. The Morgan fingerprint density at radius 2 is 1.93 bits per heavy atom. The summed E-state index contributed by atoms with van der Waals surface area (Å²) in [6, 6.07) is 0.0601. The summed E-state index contributed by atoms with van der Waals surface area (Å²) in [6.07, 6.45) is 1.79. The fourth-order valence-electron chi connectivity index (χ4n) is 2.76. The lowest BCUT2D eigenvalue weighted by Gasteiger charge is -2.39. The van der Waals surface area contributed by atoms with Gasteiger partial charge in [0.05, 0.1) is 5.54 Å². The second-order valence-corrected chi connectivity index (χ2v) is 5.89. The van der Waals surface area contributed by atoms with Crippen LogP contribution in [0, 0.1) is 5.92 Å². The highest BCUT2D eigenvalue weighted by atomic mass is 16.5. The molecule has 1 aliphatic heterocycles. The van der Waals surface area contributed by atoms with Gasteiger partial charge in [0.15, 0.2) is 0 Å². The van der Waals surface area contributed by atoms with Gasteiger partial charge in [-0.15, -0.1) is 0 Å². The minimum atomic E-state index is -0.266. The maximum absolute atomic E-state index is 10.1. The summed E-state index contributed by atoms with van der Waals surface area (Å²) in [4.78, 5) is 0. The highest BCUT2D eigenvalue weighted by Gasteiger charge is 2.52. The van der Waals surface area contributed by atoms with Gasteiger partial charge in [-0.2, -0.15) is 5.06 Å². The number of hydroxylamine groups is 2. The third kappa shape index (κ3) is 1.81. The molecule has 1 rings (SSSR count). The Morgan fingerprint density at radius 1 is 1.43 bits per heavy atom. The monoisotopic (exact) mass is 200 g/mol. The third-order valence-electron chi connectivity index (χ3n) is 3.40. The minimum Gasteiger partial charge on any atom is -0.326 e. The van der Waals surface area contributed by atoms with Crippen molar-refractivity contribution in [3.05, 3.63) is 0 Å². The summed E-state index contributed by atoms with van der Waals surface area (Å²) in [5, 5.41) is 11.6. The average molecular weight is 200 g/mol. The zero-order valence-electron chi connectivity index (χ0n) is 10.0. The number of hydrogen-bond acceptors (Lipinski definition) is 3. The molecule has 0 aromatic rings. The molecule has 0 spiro atoms. The highest BCUT2D eigenvalue weighted by Crippen LogP contribution is 2.41. The summed E-state index contributed by atoms with van der Waals surface area (Å²) in [7, 11) is 0. The third-order valence-corrected chi connectivity index (χ3v) is 3.40. The van der Waals surface area contributed by atoms with E-state index in [1.54, 1.807) is 0 Å². The molecule has 2 unspecified atom stereocenters. The first kappa shape index (κ1) is 12.0. The van der Waals surface area contributed by atoms with Crippen LogP contribution in [0.5, 0.6) is 0 Å². The van der Waals surface area contributed by atoms with Gasteiger partial charge < -0.3 is 10.9 Å². The van der Waals surface area contributed by atoms with Crippen LogP contribution in [0.2, 0.25) is 0 Å². The van der Waals surface area contributed by atoms with Gasteiger partial charge in [-0.05, 0) is 39.5 Å². The lowest BCUT2D eigenvalue weighted by atomic mass is 9.85. The second kappa shape index (κ2) is 3.47. The molecule has 0 radical (unpaired) electrons. The molecule has 0 aromatic heterocycles. The van der Waals surface area contributed by atoms with Gasteiger partial charge in [0.25, 0.3) is 0 Å². The van der Waals surface area contributed by atoms with Crippen molar-refractivity contribution in [3.63, 3.8) is 0 Å². The summed E-state index contributed by atoms with van der Waals surface area (Å²) in [6.45, 7) is 10.5. The van der Waals surface area contributed by atoms with E-state index in [1.807, 2.05) is 13.8 Å². The molecule has 3 N–H and O–H groups in total. The molecule has 84 valence electrons. The van der Waals surface area contributed by atoms with Crippen LogP contribution in [-0.4, -0.2) is 27.4 Å². The lowest BCUT2D eigenvalue weighted by molar-refractivity contribution is -0.202. The Hall–Kier alpha value is -0.120. The topological polar surface area (TPSA) is 49.5 Å². The van der Waals surface area contributed by atoms with Crippen molar-refractivity contribution in [2.75, 3.05) is 0 Å². The van der Waals surface area contributed by atoms with Crippen LogP contribution in [0.1, 0.15) is 47.5 Å². The molecule has 1 fully saturated rings. The van der Waals surface area contributed by atoms with Crippen LogP contribution < -0.4 is 5.73 Å². The van der Waals surface area contributed by atoms with Gasteiger partial charge in [0.2, 0.25) is 0 Å². The van der Waals surface area contributed by atoms with E-state index in [4.69, 9.17) is 5.73 Å². The molecule has 14 heavy (non-hydrogen) atoms. The Balaban J connectivity index is 2.87. The Kier molecular flexibility index (Phi) is 2.96. The maximum atomic E-state index is 10.1. The van der Waals surface area contributed by atoms with E-state index in [9.17, 15) is 5.21 Å². The second-order valence-electron chi connectivity index (χ2n) is 5.89. The van der Waals surface area contributed by atoms with E-state index in [0.717, 1.165) is 12.8 Å². The van der Waals surface area contributed by atoms with Gasteiger partial charge in [0.1, 0.15) is 0 Å². The van der Waals surface area contributed by atoms with Gasteiger partial charge in [-0.3, -0.25) is 0 Å². The van der Waals surface area contributed by atoms with E-state index in [2.05, 4.69) is 20.8 Å². The maximum Gasteiger partial charge on any atom is 0.0592 e. The summed E-state index contributed by atoms with van der Waals surface area (Å²) in [5.41, 5.74) is 5.67. The van der Waals surface area contributed by atoms with Crippen LogP contribution in [-0.2, 0) is 0 Å². The fraction of sp³-hybridized carbons (Fsp3) is 1.00. The molecule has 1 heterocycles. The normalized spacial score (nSPS) is 38.1. The van der Waals surface area contributed by atoms with Crippen molar-refractivity contribution in [2.24, 2.45) is 11.7 Å². The molecule has 0 aliphatic carbocycles. The van der Waals surface area contributed by atoms with Crippen LogP contribution in [0.3, 0.4) is 0 Å². The van der Waals surface area contributed by atoms with Crippen LogP contribution in [0.25, 0.3) is 0 Å². The van der Waals surface area contributed by atoms with Gasteiger partial charge in [0, 0.05) is 11.6 Å². The number of nitrogens with zero attached hydrogens (tertiary/aromatic N) is 1. The van der Waals surface area contributed by atoms with Gasteiger partial charge in [-0.25, -0.2) is 0 Å². The Bertz CT molecular complexity index is 215. The summed E-state index contributed by atoms with van der Waals surface area (Å²) >= 11 is 0. The number of hydrogen-bond donors (Lipinski definition) is 2. The summed E-state index contributed by atoms with van der Waals surface area (Å²) < 4.78 is 0. The van der Waals surface area contributed by atoms with Gasteiger partial charge in [-0.1, -0.05) is 13.8 Å². The Morgan fingerprint density at radius 3 is 2.21 bits per heavy atom. The number of nitrogens with two attached hydrogens (primary N) is 1. The molecule has 3 heteroatoms. The first-order valence-corrected chi connectivity index (χ1v) is 5.45. The largest absolute Gasteiger partial charge is 0.326 e. The molecule has 1 aliphatic rings. The quantitative estimate of drug-likeness (QED) is 0.716. The zero-order valence-corrected chi connectivity index (χ0v) is 10.0. The minimum absolute atomic E-state index is 0.0601. The van der Waals surface area contributed by atoms with Crippen molar-refractivity contribution in [3.8, 4) is 0 Å². The van der Waals surface area contributed by atoms with Crippen molar-refractivity contribution in [1.82, 2.24) is 5.06 Å². The SMILES string of the molecule is CC(C)CC1(C)C(N)CC(C)(C)N1O. The molecule has 3 nitrogen and oxygen atoms in total. The van der Waals surface area contributed by atoms with Crippen molar-refractivity contribution in [2.45, 2.75) is 64.6 Å². The molecule has 2 atom stereocenters. The summed E-state index contributed by atoms with van der Waals surface area (Å²) in [5.74, 6) is 0.551. The van der Waals surface area contributed by atoms with Gasteiger partial charge >= 0.3 is 0 Å². The average Bonchev–Trinajstić information content (AvgIpc) is 2.11. The van der Waals surface area contributed by atoms with Crippen LogP contribution in [0.15, 0.2) is 0 Å². The molecular formula is C11H24N2O. The van der Waals surface area contributed by atoms with E-state index in [1.165, 1.54) is 5.06 Å². The fourth-order valence-corrected chi connectivity index (χ4v) is 2.76. The standard InChI is InChI=1S/C11H24N2O/c1-8(2)6-11(5)9(12)7-10(3,4)13(11)14/h8-9,14H,6-7,12H2,1-5H3. The smallest absolute Gasteiger partial charge is 0.0592 e. The van der Waals surface area contributed by atoms with E-state index < -0.39 is 0 Å². The first-order valence-electron chi connectivity index (χ1n) is 5.45. The molecule has 0 amide bonds. The zero-order chi connectivity index (χ0) is 11.1. The van der Waals surface area contributed by atoms with Crippen molar-refractivity contribution >= 4 is 0 Å². The van der Waals surface area contributed by atoms with Crippen LogP contribution in [0.4, 0.5) is 0 Å². The first-order chi connectivity index (χ1) is 6.20. The van der Waals surface area contributed by atoms with E-state index in [0.29, 0.717) is 5.92 Å². The number of rotatable bonds is 2. The lowest BCUT2D eigenvalue weighted by Crippen LogP contribution is -2.53.